The molecule has 1 saturated heterocycles. The number of hydrogen-bond acceptors (Lipinski definition) is 6. The van der Waals surface area contributed by atoms with Gasteiger partial charge in [0.05, 0.1) is 45.8 Å². The molecule has 1 atom stereocenters. The molecule has 1 aliphatic rings. The Morgan fingerprint density at radius 1 is 1.05 bits per heavy atom. The van der Waals surface area contributed by atoms with Gasteiger partial charge in [-0.1, -0.05) is 47.7 Å². The molecule has 6 rings (SSSR count). The van der Waals surface area contributed by atoms with E-state index in [4.69, 9.17) is 9.72 Å². The third-order valence-corrected chi connectivity index (χ3v) is 9.08. The second-order valence-corrected chi connectivity index (χ2v) is 13.4. The molecule has 4 heterocycles. The van der Waals surface area contributed by atoms with Gasteiger partial charge in [0.1, 0.15) is 0 Å². The van der Waals surface area contributed by atoms with Crippen LogP contribution in [0.3, 0.4) is 0 Å². The van der Waals surface area contributed by atoms with Crippen LogP contribution in [0.25, 0.3) is 33.2 Å². The summed E-state index contributed by atoms with van der Waals surface area (Å²) >= 11 is 0. The molecule has 1 fully saturated rings. The van der Waals surface area contributed by atoms with Crippen LogP contribution in [-0.2, 0) is 27.3 Å². The van der Waals surface area contributed by atoms with Crippen molar-refractivity contribution >= 4 is 32.0 Å². The van der Waals surface area contributed by atoms with Gasteiger partial charge in [-0.25, -0.2) is 17.8 Å². The molecule has 0 radical (unpaired) electrons. The van der Waals surface area contributed by atoms with Crippen LogP contribution < -0.4 is 4.72 Å². The minimum atomic E-state index is -3.43. The number of nitrogens with one attached hydrogen (secondary N) is 1. The lowest BCUT2D eigenvalue weighted by molar-refractivity contribution is 0.0553. The number of benzene rings is 2. The third kappa shape index (κ3) is 5.16. The van der Waals surface area contributed by atoms with Gasteiger partial charge in [-0.05, 0) is 62.8 Å². The predicted molar refractivity (Wildman–Crippen MR) is 161 cm³/mol. The number of ether oxygens (including phenoxy) is 1. The van der Waals surface area contributed by atoms with Crippen LogP contribution in [-0.4, -0.2) is 52.4 Å². The van der Waals surface area contributed by atoms with Gasteiger partial charge in [-0.3, -0.25) is 4.98 Å². The molecule has 2 aromatic carbocycles. The van der Waals surface area contributed by atoms with Crippen LogP contribution in [0.1, 0.15) is 49.6 Å². The van der Waals surface area contributed by atoms with Crippen molar-refractivity contribution < 1.29 is 13.2 Å². The average molecular weight is 573 g/mol. The Kier molecular flexibility index (Phi) is 6.96. The first-order chi connectivity index (χ1) is 19.5. The summed E-state index contributed by atoms with van der Waals surface area (Å²) in [4.78, 5) is 5.01. The molecule has 41 heavy (non-hydrogen) atoms. The first-order valence-electron chi connectivity index (χ1n) is 14.0. The molecule has 1 aliphatic heterocycles. The van der Waals surface area contributed by atoms with Crippen LogP contribution >= 0.6 is 0 Å². The summed E-state index contributed by atoms with van der Waals surface area (Å²) in [5.74, 6) is 0.347. The molecule has 10 heteroatoms. The Morgan fingerprint density at radius 3 is 2.44 bits per heavy atom. The molecule has 9 nitrogen and oxygen atoms in total. The topological polar surface area (TPSA) is 104 Å². The van der Waals surface area contributed by atoms with Gasteiger partial charge in [0.15, 0.2) is 0 Å². The van der Waals surface area contributed by atoms with Crippen molar-refractivity contribution in [2.75, 3.05) is 19.5 Å². The first-order valence-corrected chi connectivity index (χ1v) is 15.8. The summed E-state index contributed by atoms with van der Waals surface area (Å²) in [6, 6.07) is 19.1. The van der Waals surface area contributed by atoms with E-state index in [1.165, 1.54) is 11.8 Å². The van der Waals surface area contributed by atoms with Crippen LogP contribution in [0.15, 0.2) is 60.8 Å². The van der Waals surface area contributed by atoms with Crippen molar-refractivity contribution in [1.29, 1.82) is 0 Å². The van der Waals surface area contributed by atoms with E-state index in [0.29, 0.717) is 5.92 Å². The Bertz CT molecular complexity index is 1820. The number of hydrogen-bond donors (Lipinski definition) is 1. The van der Waals surface area contributed by atoms with Gasteiger partial charge in [0.25, 0.3) is 0 Å². The molecular formula is C31H36N6O3S. The maximum Gasteiger partial charge on any atom is 0.209 e. The molecule has 0 amide bonds. The van der Waals surface area contributed by atoms with Crippen molar-refractivity contribution in [2.24, 2.45) is 13.0 Å². The SMILES string of the molecule is Cc1nnn(C)c1-c1cnc2c3ccc(C(C)(C)NS(C)(=O)=O)cc3n([C@H](c3ccccc3)C3CCOCC3)c2c1. The number of rotatable bonds is 7. The second kappa shape index (κ2) is 10.3. The third-order valence-electron chi connectivity index (χ3n) is 8.20. The molecule has 214 valence electrons. The smallest absolute Gasteiger partial charge is 0.209 e. The van der Waals surface area contributed by atoms with E-state index in [-0.39, 0.29) is 6.04 Å². The van der Waals surface area contributed by atoms with Crippen LogP contribution in [0.2, 0.25) is 0 Å². The van der Waals surface area contributed by atoms with E-state index in [1.807, 2.05) is 46.1 Å². The summed E-state index contributed by atoms with van der Waals surface area (Å²) < 4.78 is 37.3. The second-order valence-electron chi connectivity index (χ2n) is 11.6. The lowest BCUT2D eigenvalue weighted by Gasteiger charge is -2.33. The van der Waals surface area contributed by atoms with Crippen LogP contribution in [0.5, 0.6) is 0 Å². The Labute approximate surface area is 240 Å². The van der Waals surface area contributed by atoms with Crippen molar-refractivity contribution in [1.82, 2.24) is 29.3 Å². The number of nitrogens with zero attached hydrogens (tertiary/aromatic N) is 5. The highest BCUT2D eigenvalue weighted by molar-refractivity contribution is 7.88. The monoisotopic (exact) mass is 572 g/mol. The lowest BCUT2D eigenvalue weighted by atomic mass is 9.86. The summed E-state index contributed by atoms with van der Waals surface area (Å²) in [5, 5.41) is 9.52. The Balaban J connectivity index is 1.67. The van der Waals surface area contributed by atoms with Gasteiger partial charge in [-0.15, -0.1) is 5.10 Å². The highest BCUT2D eigenvalue weighted by Gasteiger charge is 2.32. The normalized spacial score (nSPS) is 16.0. The van der Waals surface area contributed by atoms with E-state index in [1.54, 1.807) is 4.68 Å². The van der Waals surface area contributed by atoms with Crippen LogP contribution in [0.4, 0.5) is 0 Å². The average Bonchev–Trinajstić information content (AvgIpc) is 3.44. The molecule has 5 aromatic rings. The maximum atomic E-state index is 12.2. The molecule has 0 spiro atoms. The highest BCUT2D eigenvalue weighted by Crippen LogP contribution is 2.42. The first kappa shape index (κ1) is 27.6. The number of fused-ring (bicyclic) bond motifs is 3. The van der Waals surface area contributed by atoms with Crippen LogP contribution in [0, 0.1) is 12.8 Å². The summed E-state index contributed by atoms with van der Waals surface area (Å²) in [6.07, 6.45) is 4.98. The van der Waals surface area contributed by atoms with Crippen molar-refractivity contribution in [2.45, 2.75) is 45.2 Å². The summed E-state index contributed by atoms with van der Waals surface area (Å²) in [6.45, 7) is 7.20. The Morgan fingerprint density at radius 2 is 1.78 bits per heavy atom. The molecule has 0 bridgehead atoms. The molecular weight excluding hydrogens is 536 g/mol. The van der Waals surface area contributed by atoms with Crippen molar-refractivity contribution in [3.63, 3.8) is 0 Å². The van der Waals surface area contributed by atoms with Gasteiger partial charge in [0.2, 0.25) is 10.0 Å². The van der Waals surface area contributed by atoms with Gasteiger partial charge in [-0.2, -0.15) is 0 Å². The van der Waals surface area contributed by atoms with E-state index >= 15 is 0 Å². The summed E-state index contributed by atoms with van der Waals surface area (Å²) in [7, 11) is -1.53. The van der Waals surface area contributed by atoms with E-state index < -0.39 is 15.6 Å². The van der Waals surface area contributed by atoms with Gasteiger partial charge < -0.3 is 9.30 Å². The molecule has 3 aromatic heterocycles. The molecule has 1 N–H and O–H groups in total. The van der Waals surface area contributed by atoms with Gasteiger partial charge >= 0.3 is 0 Å². The number of sulfonamides is 1. The van der Waals surface area contributed by atoms with E-state index in [2.05, 4.69) is 62.1 Å². The Hall–Kier alpha value is -3.60. The zero-order valence-electron chi connectivity index (χ0n) is 24.1. The molecule has 0 unspecified atom stereocenters. The van der Waals surface area contributed by atoms with Crippen molar-refractivity contribution in [3.05, 3.63) is 77.6 Å². The fourth-order valence-corrected chi connectivity index (χ4v) is 7.46. The number of aryl methyl sites for hydroxylation is 2. The zero-order valence-corrected chi connectivity index (χ0v) is 24.9. The highest BCUT2D eigenvalue weighted by atomic mass is 32.2. The van der Waals surface area contributed by atoms with Crippen molar-refractivity contribution in [3.8, 4) is 11.3 Å². The largest absolute Gasteiger partial charge is 0.381 e. The minimum absolute atomic E-state index is 0.0316. The van der Waals surface area contributed by atoms with Gasteiger partial charge in [0, 0.05) is 37.4 Å². The minimum Gasteiger partial charge on any atom is -0.381 e. The zero-order chi connectivity index (χ0) is 28.9. The van der Waals surface area contributed by atoms with E-state index in [9.17, 15) is 8.42 Å². The maximum absolute atomic E-state index is 12.2. The quantitative estimate of drug-likeness (QED) is 0.291. The standard InChI is InChI=1S/C31H36N6O3S/c1-20-29(36(4)35-33-20)23-17-27-28(32-19-23)25-12-11-24(31(2,3)34-41(5,38)39)18-26(25)37(27)30(21-9-7-6-8-10-21)22-13-15-40-16-14-22/h6-12,17-19,22,30,34H,13-16H2,1-5H3/t30-/m1/s1. The molecule has 0 aliphatic carbocycles. The molecule has 0 saturated carbocycles. The number of aromatic nitrogens is 5. The van der Waals surface area contributed by atoms with E-state index in [0.717, 1.165) is 70.5 Å². The predicted octanol–water partition coefficient (Wildman–Crippen LogP) is 5.09. The fraction of sp³-hybridized carbons (Fsp3) is 0.387. The fourth-order valence-electron chi connectivity index (χ4n) is 6.42. The summed E-state index contributed by atoms with van der Waals surface area (Å²) in [5.41, 5.74) is 6.96. The number of pyridine rings is 1. The lowest BCUT2D eigenvalue weighted by Crippen LogP contribution is -2.40.